The Labute approximate surface area is 97.9 Å². The van der Waals surface area contributed by atoms with Crippen LogP contribution in [0.4, 0.5) is 0 Å². The van der Waals surface area contributed by atoms with Gasteiger partial charge in [0.05, 0.1) is 12.5 Å². The quantitative estimate of drug-likeness (QED) is 0.745. The van der Waals surface area contributed by atoms with Crippen LogP contribution >= 0.6 is 0 Å². The van der Waals surface area contributed by atoms with Gasteiger partial charge in [0.15, 0.2) is 0 Å². The van der Waals surface area contributed by atoms with E-state index in [0.717, 1.165) is 32.4 Å². The van der Waals surface area contributed by atoms with E-state index in [1.165, 1.54) is 25.7 Å². The average Bonchev–Trinajstić information content (AvgIpc) is 2.84. The Balaban J connectivity index is 1.57. The highest BCUT2D eigenvalue weighted by molar-refractivity contribution is 5.72. The standard InChI is InChI=1S/C13H23NO2/c15-13(12-5-1-2-6-12)16-9-7-11-4-3-8-14-10-11/h11-12,14H,1-10H2/t11-/m0/s1. The molecular weight excluding hydrogens is 202 g/mol. The lowest BCUT2D eigenvalue weighted by Crippen LogP contribution is -2.30. The van der Waals surface area contributed by atoms with Gasteiger partial charge in [-0.15, -0.1) is 0 Å². The summed E-state index contributed by atoms with van der Waals surface area (Å²) < 4.78 is 5.36. The molecule has 16 heavy (non-hydrogen) atoms. The molecule has 92 valence electrons. The maximum atomic E-state index is 11.6. The van der Waals surface area contributed by atoms with Crippen molar-refractivity contribution in [2.75, 3.05) is 19.7 Å². The minimum absolute atomic E-state index is 0.0567. The molecule has 1 N–H and O–H groups in total. The highest BCUT2D eigenvalue weighted by Gasteiger charge is 2.24. The predicted molar refractivity (Wildman–Crippen MR) is 63.1 cm³/mol. The van der Waals surface area contributed by atoms with Gasteiger partial charge in [-0.3, -0.25) is 4.79 Å². The summed E-state index contributed by atoms with van der Waals surface area (Å²) in [6, 6.07) is 0. The average molecular weight is 225 g/mol. The first-order chi connectivity index (χ1) is 7.86. The molecule has 0 aromatic heterocycles. The monoisotopic (exact) mass is 225 g/mol. The molecule has 2 rings (SSSR count). The number of hydrogen-bond donors (Lipinski definition) is 1. The van der Waals surface area contributed by atoms with E-state index in [9.17, 15) is 4.79 Å². The van der Waals surface area contributed by atoms with E-state index in [0.29, 0.717) is 12.5 Å². The van der Waals surface area contributed by atoms with Crippen LogP contribution in [0.1, 0.15) is 44.9 Å². The number of esters is 1. The van der Waals surface area contributed by atoms with Crippen molar-refractivity contribution in [1.82, 2.24) is 5.32 Å². The minimum Gasteiger partial charge on any atom is -0.465 e. The molecule has 0 aromatic rings. The second-order valence-corrected chi connectivity index (χ2v) is 5.15. The molecule has 2 aliphatic rings. The van der Waals surface area contributed by atoms with Crippen molar-refractivity contribution < 1.29 is 9.53 Å². The van der Waals surface area contributed by atoms with Crippen LogP contribution in [0.15, 0.2) is 0 Å². The summed E-state index contributed by atoms with van der Waals surface area (Å²) in [5.41, 5.74) is 0. The van der Waals surface area contributed by atoms with E-state index in [4.69, 9.17) is 4.74 Å². The van der Waals surface area contributed by atoms with Gasteiger partial charge in [0.2, 0.25) is 0 Å². The normalized spacial score (nSPS) is 26.9. The summed E-state index contributed by atoms with van der Waals surface area (Å²) in [5, 5.41) is 3.39. The topological polar surface area (TPSA) is 38.3 Å². The van der Waals surface area contributed by atoms with Crippen molar-refractivity contribution >= 4 is 5.97 Å². The Kier molecular flexibility index (Phi) is 4.64. The zero-order valence-corrected chi connectivity index (χ0v) is 10.0. The highest BCUT2D eigenvalue weighted by Crippen LogP contribution is 2.26. The second-order valence-electron chi connectivity index (χ2n) is 5.15. The van der Waals surface area contributed by atoms with Crippen LogP contribution in [0, 0.1) is 11.8 Å². The number of carbonyl (C=O) groups is 1. The predicted octanol–water partition coefficient (Wildman–Crippen LogP) is 2.11. The van der Waals surface area contributed by atoms with Crippen LogP contribution < -0.4 is 5.32 Å². The Bertz CT molecular complexity index is 218. The van der Waals surface area contributed by atoms with Crippen LogP contribution in [0.3, 0.4) is 0 Å². The first kappa shape index (κ1) is 11.9. The van der Waals surface area contributed by atoms with E-state index >= 15 is 0 Å². The summed E-state index contributed by atoms with van der Waals surface area (Å²) in [7, 11) is 0. The van der Waals surface area contributed by atoms with Gasteiger partial charge in [-0.05, 0) is 51.1 Å². The maximum Gasteiger partial charge on any atom is 0.308 e. The third kappa shape index (κ3) is 3.48. The van der Waals surface area contributed by atoms with Crippen molar-refractivity contribution in [3.63, 3.8) is 0 Å². The summed E-state index contributed by atoms with van der Waals surface area (Å²) >= 11 is 0. The Hall–Kier alpha value is -0.570. The SMILES string of the molecule is O=C(OCC[C@@H]1CCCNC1)C1CCCC1. The summed E-state index contributed by atoms with van der Waals surface area (Å²) in [5.74, 6) is 0.982. The molecule has 2 fully saturated rings. The fourth-order valence-electron chi connectivity index (χ4n) is 2.78. The third-order valence-electron chi connectivity index (χ3n) is 3.86. The Morgan fingerprint density at radius 2 is 2.00 bits per heavy atom. The van der Waals surface area contributed by atoms with Crippen LogP contribution in [0.25, 0.3) is 0 Å². The van der Waals surface area contributed by atoms with E-state index in [2.05, 4.69) is 5.32 Å². The van der Waals surface area contributed by atoms with Crippen LogP contribution in [0.5, 0.6) is 0 Å². The number of carbonyl (C=O) groups excluding carboxylic acids is 1. The maximum absolute atomic E-state index is 11.6. The van der Waals surface area contributed by atoms with Crippen molar-refractivity contribution in [2.45, 2.75) is 44.9 Å². The van der Waals surface area contributed by atoms with Gasteiger partial charge in [0.1, 0.15) is 0 Å². The van der Waals surface area contributed by atoms with Crippen molar-refractivity contribution in [3.8, 4) is 0 Å². The number of piperidine rings is 1. The summed E-state index contributed by atoms with van der Waals surface area (Å²) in [4.78, 5) is 11.6. The van der Waals surface area contributed by atoms with Gasteiger partial charge in [0.25, 0.3) is 0 Å². The first-order valence-electron chi connectivity index (χ1n) is 6.73. The van der Waals surface area contributed by atoms with E-state index in [1.807, 2.05) is 0 Å². The Morgan fingerprint density at radius 1 is 1.19 bits per heavy atom. The highest BCUT2D eigenvalue weighted by atomic mass is 16.5. The molecule has 3 heteroatoms. The van der Waals surface area contributed by atoms with Gasteiger partial charge < -0.3 is 10.1 Å². The lowest BCUT2D eigenvalue weighted by molar-refractivity contribution is -0.148. The number of ether oxygens (including phenoxy) is 1. The molecule has 1 saturated heterocycles. The summed E-state index contributed by atoms with van der Waals surface area (Å²) in [6.07, 6.45) is 8.08. The molecule has 0 bridgehead atoms. The van der Waals surface area contributed by atoms with E-state index in [-0.39, 0.29) is 11.9 Å². The molecule has 0 unspecified atom stereocenters. The summed E-state index contributed by atoms with van der Waals surface area (Å²) in [6.45, 7) is 2.88. The second kappa shape index (κ2) is 6.24. The van der Waals surface area contributed by atoms with Crippen LogP contribution in [0.2, 0.25) is 0 Å². The molecule has 0 aromatic carbocycles. The molecule has 0 spiro atoms. The van der Waals surface area contributed by atoms with Crippen LogP contribution in [-0.2, 0) is 9.53 Å². The zero-order valence-electron chi connectivity index (χ0n) is 10.0. The number of rotatable bonds is 4. The van der Waals surface area contributed by atoms with E-state index in [1.54, 1.807) is 0 Å². The van der Waals surface area contributed by atoms with Crippen molar-refractivity contribution in [3.05, 3.63) is 0 Å². The zero-order chi connectivity index (χ0) is 11.2. The molecule has 1 atom stereocenters. The number of nitrogens with one attached hydrogen (secondary N) is 1. The van der Waals surface area contributed by atoms with Crippen molar-refractivity contribution in [2.24, 2.45) is 11.8 Å². The molecule has 1 saturated carbocycles. The molecule has 0 radical (unpaired) electrons. The third-order valence-corrected chi connectivity index (χ3v) is 3.86. The first-order valence-corrected chi connectivity index (χ1v) is 6.73. The van der Waals surface area contributed by atoms with Gasteiger partial charge in [0, 0.05) is 0 Å². The lowest BCUT2D eigenvalue weighted by atomic mass is 9.97. The number of hydrogen-bond acceptors (Lipinski definition) is 3. The molecule has 1 heterocycles. The fourth-order valence-corrected chi connectivity index (χ4v) is 2.78. The fraction of sp³-hybridized carbons (Fsp3) is 0.923. The molecule has 0 amide bonds. The molecule has 1 aliphatic heterocycles. The smallest absolute Gasteiger partial charge is 0.308 e. The van der Waals surface area contributed by atoms with E-state index < -0.39 is 0 Å². The van der Waals surface area contributed by atoms with Crippen molar-refractivity contribution in [1.29, 1.82) is 0 Å². The molecule has 3 nitrogen and oxygen atoms in total. The van der Waals surface area contributed by atoms with Gasteiger partial charge >= 0.3 is 5.97 Å². The lowest BCUT2D eigenvalue weighted by Gasteiger charge is -2.22. The molecule has 1 aliphatic carbocycles. The van der Waals surface area contributed by atoms with Gasteiger partial charge in [-0.2, -0.15) is 0 Å². The minimum atomic E-state index is 0.0567. The molecular formula is C13H23NO2. The van der Waals surface area contributed by atoms with Crippen LogP contribution in [-0.4, -0.2) is 25.7 Å². The van der Waals surface area contributed by atoms with Gasteiger partial charge in [-0.1, -0.05) is 12.8 Å². The van der Waals surface area contributed by atoms with Gasteiger partial charge in [-0.25, -0.2) is 0 Å². The Morgan fingerprint density at radius 3 is 2.69 bits per heavy atom. The largest absolute Gasteiger partial charge is 0.465 e.